The van der Waals surface area contributed by atoms with Crippen LogP contribution in [0.2, 0.25) is 0 Å². The Hall–Kier alpha value is 1.38. The molecular weight excluding hydrogens is 334 g/mol. The van der Waals surface area contributed by atoms with Crippen LogP contribution in [0.15, 0.2) is 0 Å². The topological polar surface area (TPSA) is 40.5 Å². The second-order valence-electron chi connectivity index (χ2n) is 1.40. The molecule has 0 amide bonds. The highest BCUT2D eigenvalue weighted by Crippen LogP contribution is 2.13. The Labute approximate surface area is 75.9 Å². The molecule has 0 radical (unpaired) electrons. The van der Waals surface area contributed by atoms with Crippen molar-refractivity contribution < 1.29 is 10.2 Å². The molecule has 2 nitrogen and oxygen atoms in total. The molecule has 4 heteroatoms. The molecule has 0 heterocycles. The SMILES string of the molecule is OCC(I)C(I)CO. The smallest absolute Gasteiger partial charge is 0.0560 e. The van der Waals surface area contributed by atoms with Gasteiger partial charge in [0, 0.05) is 7.85 Å². The van der Waals surface area contributed by atoms with Gasteiger partial charge in [0.05, 0.1) is 13.2 Å². The predicted molar refractivity (Wildman–Crippen MR) is 49.8 cm³/mol. The number of alkyl halides is 2. The van der Waals surface area contributed by atoms with Crippen LogP contribution in [-0.2, 0) is 0 Å². The van der Waals surface area contributed by atoms with Gasteiger partial charge in [0.15, 0.2) is 0 Å². The van der Waals surface area contributed by atoms with E-state index in [2.05, 4.69) is 45.2 Å². The first-order valence-electron chi connectivity index (χ1n) is 2.22. The van der Waals surface area contributed by atoms with E-state index in [4.69, 9.17) is 10.2 Å². The number of halogens is 2. The molecular formula is C4H8I2O2. The summed E-state index contributed by atoms with van der Waals surface area (Å²) in [5.41, 5.74) is 0. The van der Waals surface area contributed by atoms with Crippen LogP contribution in [0.3, 0.4) is 0 Å². The molecule has 0 aromatic rings. The maximum Gasteiger partial charge on any atom is 0.0560 e. The molecule has 2 unspecified atom stereocenters. The molecule has 0 aliphatic carbocycles. The first-order valence-corrected chi connectivity index (χ1v) is 4.71. The first-order chi connectivity index (χ1) is 3.72. The van der Waals surface area contributed by atoms with E-state index in [0.29, 0.717) is 0 Å². The monoisotopic (exact) mass is 342 g/mol. The average molecular weight is 342 g/mol. The van der Waals surface area contributed by atoms with Crippen molar-refractivity contribution in [2.75, 3.05) is 13.2 Å². The van der Waals surface area contributed by atoms with Crippen LogP contribution < -0.4 is 0 Å². The minimum Gasteiger partial charge on any atom is -0.395 e. The number of aliphatic hydroxyl groups excluding tert-OH is 2. The van der Waals surface area contributed by atoms with Crippen LogP contribution >= 0.6 is 45.2 Å². The normalized spacial score (nSPS) is 18.0. The van der Waals surface area contributed by atoms with Crippen LogP contribution in [0, 0.1) is 0 Å². The summed E-state index contributed by atoms with van der Waals surface area (Å²) in [6, 6.07) is 0. The van der Waals surface area contributed by atoms with Crippen molar-refractivity contribution in [1.29, 1.82) is 0 Å². The molecule has 0 rings (SSSR count). The highest BCUT2D eigenvalue weighted by Gasteiger charge is 2.11. The summed E-state index contributed by atoms with van der Waals surface area (Å²) in [5.74, 6) is 0. The lowest BCUT2D eigenvalue weighted by atomic mass is 10.3. The van der Waals surface area contributed by atoms with E-state index < -0.39 is 0 Å². The van der Waals surface area contributed by atoms with Gasteiger partial charge in [-0.05, 0) is 0 Å². The van der Waals surface area contributed by atoms with Crippen molar-refractivity contribution in [2.24, 2.45) is 0 Å². The molecule has 2 atom stereocenters. The highest BCUT2D eigenvalue weighted by molar-refractivity contribution is 14.1. The predicted octanol–water partition coefficient (Wildman–Crippen LogP) is 0.578. The Morgan fingerprint density at radius 1 is 1.00 bits per heavy atom. The molecule has 0 aliphatic rings. The minimum absolute atomic E-state index is 0.148. The fourth-order valence-electron chi connectivity index (χ4n) is 0.229. The maximum absolute atomic E-state index is 8.51. The van der Waals surface area contributed by atoms with E-state index in [1.165, 1.54) is 0 Å². The van der Waals surface area contributed by atoms with Crippen LogP contribution in [0.1, 0.15) is 0 Å². The molecule has 50 valence electrons. The second kappa shape index (κ2) is 5.19. The zero-order chi connectivity index (χ0) is 6.57. The summed E-state index contributed by atoms with van der Waals surface area (Å²) in [6.45, 7) is 0.295. The molecule has 0 fully saturated rings. The Morgan fingerprint density at radius 2 is 1.25 bits per heavy atom. The van der Waals surface area contributed by atoms with Gasteiger partial charge in [-0.3, -0.25) is 0 Å². The van der Waals surface area contributed by atoms with Crippen LogP contribution in [-0.4, -0.2) is 31.3 Å². The van der Waals surface area contributed by atoms with Gasteiger partial charge in [-0.1, -0.05) is 45.2 Å². The van der Waals surface area contributed by atoms with Crippen molar-refractivity contribution in [3.05, 3.63) is 0 Å². The fraction of sp³-hybridized carbons (Fsp3) is 1.00. The van der Waals surface area contributed by atoms with E-state index in [-0.39, 0.29) is 21.1 Å². The van der Waals surface area contributed by atoms with Crippen molar-refractivity contribution in [2.45, 2.75) is 7.85 Å². The second-order valence-corrected chi connectivity index (χ2v) is 4.60. The summed E-state index contributed by atoms with van der Waals surface area (Å²) >= 11 is 4.23. The number of hydrogen-bond acceptors (Lipinski definition) is 2. The number of rotatable bonds is 3. The Bertz CT molecular complexity index is 52.0. The van der Waals surface area contributed by atoms with Crippen molar-refractivity contribution in [1.82, 2.24) is 0 Å². The molecule has 0 saturated heterocycles. The zero-order valence-corrected chi connectivity index (χ0v) is 8.53. The van der Waals surface area contributed by atoms with E-state index in [1.54, 1.807) is 0 Å². The van der Waals surface area contributed by atoms with E-state index in [1.807, 2.05) is 0 Å². The minimum atomic E-state index is 0.148. The van der Waals surface area contributed by atoms with Crippen molar-refractivity contribution in [3.63, 3.8) is 0 Å². The summed E-state index contributed by atoms with van der Waals surface area (Å²) in [4.78, 5) is 0. The quantitative estimate of drug-likeness (QED) is 0.582. The van der Waals surface area contributed by atoms with Gasteiger partial charge < -0.3 is 10.2 Å². The summed E-state index contributed by atoms with van der Waals surface area (Å²) in [7, 11) is 0. The Balaban J connectivity index is 3.29. The van der Waals surface area contributed by atoms with E-state index >= 15 is 0 Å². The fourth-order valence-corrected chi connectivity index (χ4v) is 0.684. The van der Waals surface area contributed by atoms with Gasteiger partial charge in [0.1, 0.15) is 0 Å². The van der Waals surface area contributed by atoms with Crippen molar-refractivity contribution >= 4 is 45.2 Å². The maximum atomic E-state index is 8.51. The van der Waals surface area contributed by atoms with Gasteiger partial charge in [0.25, 0.3) is 0 Å². The summed E-state index contributed by atoms with van der Waals surface area (Å²) in [5, 5.41) is 17.0. The van der Waals surface area contributed by atoms with Crippen LogP contribution in [0.25, 0.3) is 0 Å². The molecule has 0 aromatic heterocycles. The first kappa shape index (κ1) is 9.38. The third-order valence-corrected chi connectivity index (χ3v) is 4.64. The molecule has 0 aromatic carbocycles. The highest BCUT2D eigenvalue weighted by atomic mass is 127. The largest absolute Gasteiger partial charge is 0.395 e. The van der Waals surface area contributed by atoms with Gasteiger partial charge in [-0.25, -0.2) is 0 Å². The van der Waals surface area contributed by atoms with Gasteiger partial charge >= 0.3 is 0 Å². The Kier molecular flexibility index (Phi) is 6.08. The van der Waals surface area contributed by atoms with Crippen LogP contribution in [0.4, 0.5) is 0 Å². The summed E-state index contributed by atoms with van der Waals surface area (Å²) < 4.78 is 0.358. The van der Waals surface area contributed by atoms with Gasteiger partial charge in [0.2, 0.25) is 0 Å². The van der Waals surface area contributed by atoms with Gasteiger partial charge in [-0.2, -0.15) is 0 Å². The lowest BCUT2D eigenvalue weighted by Gasteiger charge is -2.09. The van der Waals surface area contributed by atoms with Crippen LogP contribution in [0.5, 0.6) is 0 Å². The molecule has 2 N–H and O–H groups in total. The third kappa shape index (κ3) is 3.41. The standard InChI is InChI=1S/C4H8I2O2/c5-3(1-7)4(6)2-8/h3-4,7-8H,1-2H2. The van der Waals surface area contributed by atoms with E-state index in [0.717, 1.165) is 0 Å². The number of hydrogen-bond donors (Lipinski definition) is 2. The van der Waals surface area contributed by atoms with Crippen molar-refractivity contribution in [3.8, 4) is 0 Å². The Morgan fingerprint density at radius 3 is 1.38 bits per heavy atom. The third-order valence-electron chi connectivity index (χ3n) is 0.741. The summed E-state index contributed by atoms with van der Waals surface area (Å²) in [6.07, 6.45) is 0. The lowest BCUT2D eigenvalue weighted by molar-refractivity contribution is 0.261. The lowest BCUT2D eigenvalue weighted by Crippen LogP contribution is -2.20. The molecule has 0 spiro atoms. The molecule has 0 bridgehead atoms. The van der Waals surface area contributed by atoms with E-state index in [9.17, 15) is 0 Å². The van der Waals surface area contributed by atoms with Gasteiger partial charge in [-0.15, -0.1) is 0 Å². The molecule has 0 aliphatic heterocycles. The zero-order valence-electron chi connectivity index (χ0n) is 4.22. The molecule has 0 saturated carbocycles. The number of aliphatic hydroxyl groups is 2. The molecule has 8 heavy (non-hydrogen) atoms. The average Bonchev–Trinajstić information content (AvgIpc) is 1.84.